The van der Waals surface area contributed by atoms with Gasteiger partial charge in [0.15, 0.2) is 5.13 Å². The Balaban J connectivity index is 1.54. The fourth-order valence-corrected chi connectivity index (χ4v) is 4.75. The van der Waals surface area contributed by atoms with Crippen LogP contribution in [-0.4, -0.2) is 32.3 Å². The summed E-state index contributed by atoms with van der Waals surface area (Å²) in [6, 6.07) is 8.05. The fourth-order valence-electron chi connectivity index (χ4n) is 3.93. The summed E-state index contributed by atoms with van der Waals surface area (Å²) in [6.45, 7) is 9.91. The quantitative estimate of drug-likeness (QED) is 0.700. The molecule has 28 heavy (non-hydrogen) atoms. The van der Waals surface area contributed by atoms with Gasteiger partial charge in [0.05, 0.1) is 33.2 Å². The maximum atomic E-state index is 12.8. The zero-order valence-electron chi connectivity index (χ0n) is 16.7. The van der Waals surface area contributed by atoms with E-state index in [9.17, 15) is 4.79 Å². The highest BCUT2D eigenvalue weighted by Crippen LogP contribution is 2.42. The Morgan fingerprint density at radius 2 is 2.00 bits per heavy atom. The first-order valence-electron chi connectivity index (χ1n) is 9.34. The molecule has 1 aliphatic heterocycles. The molecule has 0 aliphatic carbocycles. The second-order valence-corrected chi connectivity index (χ2v) is 9.53. The second-order valence-electron chi connectivity index (χ2n) is 8.50. The molecule has 146 valence electrons. The monoisotopic (exact) mass is 396 g/mol. The number of fused-ring (bicyclic) bond motifs is 1. The molecule has 0 spiro atoms. The summed E-state index contributed by atoms with van der Waals surface area (Å²) in [5.74, 6) is -0.252. The van der Waals surface area contributed by atoms with Crippen LogP contribution in [-0.2, 0) is 9.53 Å². The molecule has 1 aromatic carbocycles. The molecule has 0 radical (unpaired) electrons. The van der Waals surface area contributed by atoms with E-state index in [2.05, 4.69) is 26.6 Å². The van der Waals surface area contributed by atoms with Crippen LogP contribution >= 0.6 is 11.3 Å². The number of nitrogens with zero attached hydrogens (tertiary/aromatic N) is 3. The zero-order valence-corrected chi connectivity index (χ0v) is 17.6. The average molecular weight is 397 g/mol. The van der Waals surface area contributed by atoms with Gasteiger partial charge in [0, 0.05) is 11.6 Å². The van der Waals surface area contributed by atoms with E-state index in [-0.39, 0.29) is 17.4 Å². The molecule has 1 saturated heterocycles. The van der Waals surface area contributed by atoms with Gasteiger partial charge in [0.2, 0.25) is 5.91 Å². The molecular weight excluding hydrogens is 372 g/mol. The lowest BCUT2D eigenvalue weighted by molar-refractivity contribution is -0.126. The molecular formula is C21H24N4O2S. The van der Waals surface area contributed by atoms with Crippen molar-refractivity contribution in [3.05, 3.63) is 36.2 Å². The predicted octanol–water partition coefficient (Wildman–Crippen LogP) is 4.59. The van der Waals surface area contributed by atoms with Crippen LogP contribution in [0, 0.1) is 12.8 Å². The highest BCUT2D eigenvalue weighted by Gasteiger charge is 2.49. The predicted molar refractivity (Wildman–Crippen MR) is 111 cm³/mol. The van der Waals surface area contributed by atoms with Crippen LogP contribution in [0.4, 0.5) is 5.13 Å². The highest BCUT2D eigenvalue weighted by atomic mass is 32.1. The number of nitrogens with one attached hydrogen (secondary N) is 1. The Morgan fingerprint density at radius 3 is 2.71 bits per heavy atom. The highest BCUT2D eigenvalue weighted by molar-refractivity contribution is 7.19. The second kappa shape index (κ2) is 6.60. The normalized spacial score (nSPS) is 20.4. The van der Waals surface area contributed by atoms with Crippen molar-refractivity contribution in [1.82, 2.24) is 15.2 Å². The molecule has 1 N–H and O–H groups in total. The van der Waals surface area contributed by atoms with E-state index >= 15 is 0 Å². The first kappa shape index (κ1) is 19.0. The summed E-state index contributed by atoms with van der Waals surface area (Å²) >= 11 is 1.47. The van der Waals surface area contributed by atoms with Crippen molar-refractivity contribution in [2.75, 3.05) is 5.32 Å². The third-order valence-corrected chi connectivity index (χ3v) is 6.08. The van der Waals surface area contributed by atoms with Crippen molar-refractivity contribution in [3.8, 4) is 10.4 Å². The molecule has 1 fully saturated rings. The van der Waals surface area contributed by atoms with Crippen LogP contribution in [0.5, 0.6) is 0 Å². The molecule has 3 aromatic rings. The molecule has 1 atom stereocenters. The minimum atomic E-state index is -0.495. The number of rotatable bonds is 3. The van der Waals surface area contributed by atoms with Gasteiger partial charge in [-0.25, -0.2) is 4.98 Å². The number of hydrogen-bond acceptors (Lipinski definition) is 6. The largest absolute Gasteiger partial charge is 0.369 e. The number of carbonyl (C=O) groups is 1. The summed E-state index contributed by atoms with van der Waals surface area (Å²) < 4.78 is 6.04. The number of amides is 1. The molecule has 0 saturated carbocycles. The first-order valence-corrected chi connectivity index (χ1v) is 10.2. The summed E-state index contributed by atoms with van der Waals surface area (Å²) in [4.78, 5) is 18.2. The summed E-state index contributed by atoms with van der Waals surface area (Å²) in [6.07, 6.45) is 2.48. The van der Waals surface area contributed by atoms with Crippen molar-refractivity contribution in [1.29, 1.82) is 0 Å². The van der Waals surface area contributed by atoms with Gasteiger partial charge < -0.3 is 10.1 Å². The lowest BCUT2D eigenvalue weighted by Gasteiger charge is -2.26. The van der Waals surface area contributed by atoms with Gasteiger partial charge in [0.25, 0.3) is 0 Å². The summed E-state index contributed by atoms with van der Waals surface area (Å²) in [5, 5.41) is 12.9. The molecule has 0 unspecified atom stereocenters. The minimum absolute atomic E-state index is 0.0408. The maximum absolute atomic E-state index is 12.8. The van der Waals surface area contributed by atoms with Gasteiger partial charge in [-0.2, -0.15) is 10.2 Å². The van der Waals surface area contributed by atoms with E-state index in [1.165, 1.54) is 11.3 Å². The van der Waals surface area contributed by atoms with Crippen LogP contribution in [0.15, 0.2) is 30.5 Å². The molecule has 0 bridgehead atoms. The molecule has 1 aliphatic rings. The lowest BCUT2D eigenvalue weighted by atomic mass is 9.87. The van der Waals surface area contributed by atoms with E-state index in [0.717, 1.165) is 27.0 Å². The zero-order chi connectivity index (χ0) is 20.1. The fraction of sp³-hybridized carbons (Fsp3) is 0.429. The average Bonchev–Trinajstić information content (AvgIpc) is 3.14. The minimum Gasteiger partial charge on any atom is -0.369 e. The third-order valence-electron chi connectivity index (χ3n) is 5.12. The Hall–Kier alpha value is -2.38. The van der Waals surface area contributed by atoms with Crippen LogP contribution in [0.3, 0.4) is 0 Å². The summed E-state index contributed by atoms with van der Waals surface area (Å²) in [7, 11) is 0. The van der Waals surface area contributed by atoms with Crippen molar-refractivity contribution in [2.24, 2.45) is 5.92 Å². The van der Waals surface area contributed by atoms with Gasteiger partial charge >= 0.3 is 0 Å². The number of ether oxygens (including phenoxy) is 1. The number of benzene rings is 1. The molecule has 6 nitrogen and oxygen atoms in total. The first-order chi connectivity index (χ1) is 13.1. The van der Waals surface area contributed by atoms with Gasteiger partial charge in [-0.1, -0.05) is 17.4 Å². The van der Waals surface area contributed by atoms with Gasteiger partial charge in [0.1, 0.15) is 0 Å². The SMILES string of the molecule is Cc1cc2cc(-c3cnc(NC(=O)[C@H]4CC(C)(C)OC4(C)C)s3)ccc2nn1. The molecule has 3 heterocycles. The lowest BCUT2D eigenvalue weighted by Crippen LogP contribution is -2.36. The van der Waals surface area contributed by atoms with Crippen LogP contribution in [0.1, 0.15) is 39.8 Å². The van der Waals surface area contributed by atoms with Crippen LogP contribution < -0.4 is 5.32 Å². The van der Waals surface area contributed by atoms with E-state index in [1.54, 1.807) is 6.20 Å². The number of aryl methyl sites for hydroxylation is 1. The topological polar surface area (TPSA) is 77.0 Å². The van der Waals surface area contributed by atoms with E-state index < -0.39 is 5.60 Å². The molecule has 4 rings (SSSR count). The standard InChI is InChI=1S/C21H24N4O2S/c1-12-8-14-9-13(6-7-16(14)25-24-12)17-11-22-19(28-17)23-18(26)15-10-20(2,3)27-21(15,4)5/h6-9,11,15H,10H2,1-5H3,(H,22,23,26)/t15-/m1/s1. The van der Waals surface area contributed by atoms with Crippen LogP contribution in [0.25, 0.3) is 21.3 Å². The molecule has 1 amide bonds. The van der Waals surface area contributed by atoms with Crippen molar-refractivity contribution < 1.29 is 9.53 Å². The summed E-state index contributed by atoms with van der Waals surface area (Å²) in [5.41, 5.74) is 1.99. The number of aromatic nitrogens is 3. The Bertz CT molecular complexity index is 1060. The van der Waals surface area contributed by atoms with E-state index in [1.807, 2.05) is 52.8 Å². The Morgan fingerprint density at radius 1 is 1.21 bits per heavy atom. The van der Waals surface area contributed by atoms with Crippen molar-refractivity contribution >= 4 is 33.3 Å². The Kier molecular flexibility index (Phi) is 4.47. The maximum Gasteiger partial charge on any atom is 0.232 e. The van der Waals surface area contributed by atoms with Gasteiger partial charge in [-0.05, 0) is 64.8 Å². The molecule has 2 aromatic heterocycles. The third kappa shape index (κ3) is 3.64. The van der Waals surface area contributed by atoms with Crippen molar-refractivity contribution in [2.45, 2.75) is 52.2 Å². The molecule has 7 heteroatoms. The Labute approximate surface area is 168 Å². The van der Waals surface area contributed by atoms with E-state index in [4.69, 9.17) is 4.74 Å². The van der Waals surface area contributed by atoms with Gasteiger partial charge in [-0.15, -0.1) is 0 Å². The number of anilines is 1. The van der Waals surface area contributed by atoms with Crippen molar-refractivity contribution in [3.63, 3.8) is 0 Å². The van der Waals surface area contributed by atoms with Crippen LogP contribution in [0.2, 0.25) is 0 Å². The number of carbonyl (C=O) groups excluding carboxylic acids is 1. The number of thiazole rings is 1. The van der Waals surface area contributed by atoms with Gasteiger partial charge in [-0.3, -0.25) is 4.79 Å². The smallest absolute Gasteiger partial charge is 0.232 e. The number of hydrogen-bond donors (Lipinski definition) is 1. The van der Waals surface area contributed by atoms with E-state index in [0.29, 0.717) is 11.6 Å².